The molecular formula is C7H5BrF2IN. The van der Waals surface area contributed by atoms with Crippen molar-refractivity contribution in [2.45, 2.75) is 13.3 Å². The third kappa shape index (κ3) is 2.12. The molecule has 0 N–H and O–H groups in total. The fourth-order valence-electron chi connectivity index (χ4n) is 0.792. The monoisotopic (exact) mass is 347 g/mol. The van der Waals surface area contributed by atoms with E-state index in [1.807, 2.05) is 22.6 Å². The van der Waals surface area contributed by atoms with Crippen LogP contribution in [0, 0.1) is 10.5 Å². The van der Waals surface area contributed by atoms with E-state index in [9.17, 15) is 8.78 Å². The Hall–Kier alpha value is 0.220. The van der Waals surface area contributed by atoms with E-state index in [0.29, 0.717) is 10.2 Å². The van der Waals surface area contributed by atoms with Gasteiger partial charge in [-0.25, -0.2) is 13.8 Å². The van der Waals surface area contributed by atoms with E-state index < -0.39 is 6.43 Å². The number of hydrogen-bond acceptors (Lipinski definition) is 1. The second kappa shape index (κ2) is 3.95. The second-order valence-electron chi connectivity index (χ2n) is 2.26. The van der Waals surface area contributed by atoms with Crippen LogP contribution in [0.3, 0.4) is 0 Å². The van der Waals surface area contributed by atoms with Gasteiger partial charge in [-0.15, -0.1) is 0 Å². The Bertz CT molecular complexity index is 304. The third-order valence-electron chi connectivity index (χ3n) is 1.37. The molecule has 0 fully saturated rings. The van der Waals surface area contributed by atoms with Crippen molar-refractivity contribution in [3.8, 4) is 0 Å². The molecule has 0 spiro atoms. The summed E-state index contributed by atoms with van der Waals surface area (Å²) in [5, 5.41) is 0. The number of nitrogens with zero attached hydrogens (tertiary/aromatic N) is 1. The van der Waals surface area contributed by atoms with Gasteiger partial charge in [-0.2, -0.15) is 0 Å². The molecule has 0 aliphatic carbocycles. The zero-order valence-electron chi connectivity index (χ0n) is 6.11. The molecule has 0 radical (unpaired) electrons. The van der Waals surface area contributed by atoms with Crippen LogP contribution in [0.15, 0.2) is 10.7 Å². The van der Waals surface area contributed by atoms with E-state index in [0.717, 1.165) is 3.57 Å². The van der Waals surface area contributed by atoms with Crippen molar-refractivity contribution in [2.24, 2.45) is 0 Å². The van der Waals surface area contributed by atoms with Crippen molar-refractivity contribution in [2.75, 3.05) is 0 Å². The SMILES string of the molecule is Cc1cc(I)c(Br)nc1C(F)F. The van der Waals surface area contributed by atoms with E-state index in [2.05, 4.69) is 20.9 Å². The van der Waals surface area contributed by atoms with Crippen LogP contribution in [0.25, 0.3) is 0 Å². The van der Waals surface area contributed by atoms with Crippen molar-refractivity contribution in [3.05, 3.63) is 25.5 Å². The Balaban J connectivity index is 3.23. The first kappa shape index (κ1) is 10.3. The molecule has 0 aliphatic heterocycles. The predicted octanol–water partition coefficient (Wildman–Crippen LogP) is 3.69. The maximum Gasteiger partial charge on any atom is 0.280 e. The molecule has 1 rings (SSSR count). The third-order valence-corrected chi connectivity index (χ3v) is 3.54. The zero-order valence-corrected chi connectivity index (χ0v) is 9.86. The minimum atomic E-state index is -2.50. The van der Waals surface area contributed by atoms with Crippen LogP contribution < -0.4 is 0 Å². The van der Waals surface area contributed by atoms with Gasteiger partial charge in [0.05, 0.1) is 0 Å². The van der Waals surface area contributed by atoms with E-state index in [-0.39, 0.29) is 5.69 Å². The van der Waals surface area contributed by atoms with Crippen molar-refractivity contribution >= 4 is 38.5 Å². The molecule has 12 heavy (non-hydrogen) atoms. The predicted molar refractivity (Wildman–Crippen MR) is 54.3 cm³/mol. The maximum absolute atomic E-state index is 12.3. The number of hydrogen-bond donors (Lipinski definition) is 0. The average Bonchev–Trinajstić information content (AvgIpc) is 1.96. The van der Waals surface area contributed by atoms with Gasteiger partial charge in [-0.1, -0.05) is 0 Å². The largest absolute Gasteiger partial charge is 0.280 e. The number of alkyl halides is 2. The van der Waals surface area contributed by atoms with Crippen molar-refractivity contribution in [1.29, 1.82) is 0 Å². The van der Waals surface area contributed by atoms with Gasteiger partial charge in [0.15, 0.2) is 0 Å². The Kier molecular flexibility index (Phi) is 3.39. The highest BCUT2D eigenvalue weighted by atomic mass is 127. The van der Waals surface area contributed by atoms with Crippen LogP contribution in [0.5, 0.6) is 0 Å². The summed E-state index contributed by atoms with van der Waals surface area (Å²) in [5.41, 5.74) is 0.375. The average molecular weight is 348 g/mol. The highest BCUT2D eigenvalue weighted by Crippen LogP contribution is 2.25. The number of rotatable bonds is 1. The molecule has 0 amide bonds. The lowest BCUT2D eigenvalue weighted by atomic mass is 10.2. The summed E-state index contributed by atoms with van der Waals surface area (Å²) < 4.78 is 25.8. The normalized spacial score (nSPS) is 10.8. The van der Waals surface area contributed by atoms with Crippen LogP contribution in [0.4, 0.5) is 8.78 Å². The topological polar surface area (TPSA) is 12.9 Å². The minimum Gasteiger partial charge on any atom is -0.239 e. The summed E-state index contributed by atoms with van der Waals surface area (Å²) in [7, 11) is 0. The number of aromatic nitrogens is 1. The molecule has 1 heterocycles. The van der Waals surface area contributed by atoms with Gasteiger partial charge >= 0.3 is 0 Å². The maximum atomic E-state index is 12.3. The lowest BCUT2D eigenvalue weighted by molar-refractivity contribution is 0.145. The molecule has 1 aromatic heterocycles. The molecule has 0 bridgehead atoms. The molecule has 0 aliphatic rings. The molecule has 0 saturated heterocycles. The molecular weight excluding hydrogens is 343 g/mol. The molecule has 0 saturated carbocycles. The second-order valence-corrected chi connectivity index (χ2v) is 4.18. The summed E-state index contributed by atoms with van der Waals surface area (Å²) in [6, 6.07) is 1.68. The van der Waals surface area contributed by atoms with E-state index >= 15 is 0 Å². The van der Waals surface area contributed by atoms with Crippen molar-refractivity contribution < 1.29 is 8.78 Å². The van der Waals surface area contributed by atoms with Gasteiger partial charge in [-0.05, 0) is 57.1 Å². The number of halogens is 4. The first-order chi connectivity index (χ1) is 5.52. The fourth-order valence-corrected chi connectivity index (χ4v) is 1.69. The highest BCUT2D eigenvalue weighted by Gasteiger charge is 2.14. The smallest absolute Gasteiger partial charge is 0.239 e. The molecule has 5 heteroatoms. The quantitative estimate of drug-likeness (QED) is 0.557. The Morgan fingerprint density at radius 1 is 1.58 bits per heavy atom. The van der Waals surface area contributed by atoms with Gasteiger partial charge in [-0.3, -0.25) is 0 Å². The number of aryl methyl sites for hydroxylation is 1. The van der Waals surface area contributed by atoms with Crippen LogP contribution >= 0.6 is 38.5 Å². The molecule has 1 aromatic rings. The summed E-state index contributed by atoms with van der Waals surface area (Å²) in [4.78, 5) is 3.73. The number of pyridine rings is 1. The van der Waals surface area contributed by atoms with E-state index in [1.165, 1.54) is 0 Å². The highest BCUT2D eigenvalue weighted by molar-refractivity contribution is 14.1. The Labute approximate surface area is 90.8 Å². The summed E-state index contributed by atoms with van der Waals surface area (Å²) in [6.45, 7) is 1.63. The van der Waals surface area contributed by atoms with Gasteiger partial charge < -0.3 is 0 Å². The lowest BCUT2D eigenvalue weighted by Gasteiger charge is -2.05. The van der Waals surface area contributed by atoms with Gasteiger partial charge in [0.25, 0.3) is 6.43 Å². The fraction of sp³-hybridized carbons (Fsp3) is 0.286. The minimum absolute atomic E-state index is 0.151. The first-order valence-electron chi connectivity index (χ1n) is 3.13. The summed E-state index contributed by atoms with van der Waals surface area (Å²) >= 11 is 5.13. The first-order valence-corrected chi connectivity index (χ1v) is 5.00. The van der Waals surface area contributed by atoms with Crippen molar-refractivity contribution in [1.82, 2.24) is 4.98 Å². The Morgan fingerprint density at radius 3 is 2.67 bits per heavy atom. The zero-order chi connectivity index (χ0) is 9.30. The summed E-state index contributed by atoms with van der Waals surface area (Å²) in [6.07, 6.45) is -2.50. The van der Waals surface area contributed by atoms with Crippen LogP contribution in [-0.2, 0) is 0 Å². The van der Waals surface area contributed by atoms with Crippen LogP contribution in [-0.4, -0.2) is 4.98 Å². The Morgan fingerprint density at radius 2 is 2.17 bits per heavy atom. The van der Waals surface area contributed by atoms with Gasteiger partial charge in [0.2, 0.25) is 0 Å². The summed E-state index contributed by atoms with van der Waals surface area (Å²) in [5.74, 6) is 0. The van der Waals surface area contributed by atoms with Crippen LogP contribution in [0.2, 0.25) is 0 Å². The molecule has 0 unspecified atom stereocenters. The lowest BCUT2D eigenvalue weighted by Crippen LogP contribution is -1.96. The van der Waals surface area contributed by atoms with Gasteiger partial charge in [0.1, 0.15) is 10.3 Å². The van der Waals surface area contributed by atoms with E-state index in [1.54, 1.807) is 13.0 Å². The van der Waals surface area contributed by atoms with Crippen molar-refractivity contribution in [3.63, 3.8) is 0 Å². The van der Waals surface area contributed by atoms with E-state index in [4.69, 9.17) is 0 Å². The molecule has 1 nitrogen and oxygen atoms in total. The van der Waals surface area contributed by atoms with Crippen LogP contribution in [0.1, 0.15) is 17.7 Å². The molecule has 0 atom stereocenters. The molecule has 66 valence electrons. The van der Waals surface area contributed by atoms with Gasteiger partial charge in [0, 0.05) is 3.57 Å². The molecule has 0 aromatic carbocycles. The standard InChI is InChI=1S/C7H5BrF2IN/c1-3-2-4(11)6(8)12-5(3)7(9)10/h2,7H,1H3.